The van der Waals surface area contributed by atoms with E-state index in [0.717, 1.165) is 26.3 Å². The number of ether oxygens (including phenoxy) is 1. The summed E-state index contributed by atoms with van der Waals surface area (Å²) in [5, 5.41) is 0. The van der Waals surface area contributed by atoms with E-state index in [1.807, 2.05) is 0 Å². The van der Waals surface area contributed by atoms with Crippen molar-refractivity contribution in [1.29, 1.82) is 0 Å². The lowest BCUT2D eigenvalue weighted by Crippen LogP contribution is -2.73. The van der Waals surface area contributed by atoms with Crippen molar-refractivity contribution in [3.8, 4) is 0 Å². The van der Waals surface area contributed by atoms with Crippen molar-refractivity contribution in [3.63, 3.8) is 0 Å². The van der Waals surface area contributed by atoms with Crippen LogP contribution >= 0.6 is 11.9 Å². The molecule has 1 aromatic rings. The standard InChI is InChI=1S/C17H21F3N4OS/c1-11-13(4-21-14(22-11)17(18,19)20)26-24-7-15(8-24)2-12(3-15)23-5-16(6-23)9-25-10-16/h4,12H,2-3,5-10H2,1H3. The van der Waals surface area contributed by atoms with Crippen LogP contribution in [0.2, 0.25) is 0 Å². The Morgan fingerprint density at radius 2 is 1.85 bits per heavy atom. The van der Waals surface area contributed by atoms with E-state index in [2.05, 4.69) is 19.2 Å². The zero-order valence-electron chi connectivity index (χ0n) is 14.6. The Bertz CT molecular complexity index is 717. The average Bonchev–Trinajstić information content (AvgIpc) is 2.39. The monoisotopic (exact) mass is 386 g/mol. The van der Waals surface area contributed by atoms with Crippen molar-refractivity contribution < 1.29 is 17.9 Å². The summed E-state index contributed by atoms with van der Waals surface area (Å²) in [6.07, 6.45) is -0.714. The SMILES string of the molecule is Cc1nc(C(F)(F)F)ncc1SN1CC2(CC(N3CC4(COC4)C3)C2)C1. The number of hydrogen-bond acceptors (Lipinski definition) is 6. The summed E-state index contributed by atoms with van der Waals surface area (Å²) in [4.78, 5) is 10.4. The fraction of sp³-hybridized carbons (Fsp3) is 0.765. The van der Waals surface area contributed by atoms with Gasteiger partial charge < -0.3 is 4.74 Å². The van der Waals surface area contributed by atoms with Gasteiger partial charge in [-0.25, -0.2) is 14.3 Å². The molecule has 0 N–H and O–H groups in total. The maximum absolute atomic E-state index is 12.7. The number of alkyl halides is 3. The summed E-state index contributed by atoms with van der Waals surface area (Å²) < 4.78 is 45.5. The lowest BCUT2D eigenvalue weighted by Gasteiger charge is -2.65. The molecule has 1 aromatic heterocycles. The van der Waals surface area contributed by atoms with Crippen molar-refractivity contribution in [2.75, 3.05) is 39.4 Å². The zero-order chi connectivity index (χ0) is 18.2. The Balaban J connectivity index is 1.11. The highest BCUT2D eigenvalue weighted by molar-refractivity contribution is 7.97. The van der Waals surface area contributed by atoms with Crippen LogP contribution in [0.4, 0.5) is 13.2 Å². The number of halogens is 3. The summed E-state index contributed by atoms with van der Waals surface area (Å²) in [5.74, 6) is -1.06. The minimum atomic E-state index is -4.49. The molecule has 4 fully saturated rings. The van der Waals surface area contributed by atoms with Gasteiger partial charge in [0.05, 0.1) is 23.8 Å². The second-order valence-corrected chi connectivity index (χ2v) is 9.63. The maximum atomic E-state index is 12.7. The Morgan fingerprint density at radius 1 is 1.15 bits per heavy atom. The third-order valence-corrected chi connectivity index (χ3v) is 7.30. The van der Waals surface area contributed by atoms with E-state index in [1.54, 1.807) is 6.92 Å². The molecule has 5 rings (SSSR count). The van der Waals surface area contributed by atoms with Crippen molar-refractivity contribution >= 4 is 11.9 Å². The highest BCUT2D eigenvalue weighted by Crippen LogP contribution is 2.55. The van der Waals surface area contributed by atoms with Gasteiger partial charge in [0, 0.05) is 49.2 Å². The highest BCUT2D eigenvalue weighted by Gasteiger charge is 2.58. The molecular formula is C17H21F3N4OS. The summed E-state index contributed by atoms with van der Waals surface area (Å²) >= 11 is 1.48. The minimum absolute atomic E-state index is 0.387. The summed E-state index contributed by atoms with van der Waals surface area (Å²) in [6, 6.07) is 0.713. The predicted octanol–water partition coefficient (Wildman–Crippen LogP) is 2.61. The third-order valence-electron chi connectivity index (χ3n) is 6.19. The molecule has 1 saturated carbocycles. The maximum Gasteiger partial charge on any atom is 0.451 e. The minimum Gasteiger partial charge on any atom is -0.380 e. The molecule has 4 heterocycles. The lowest BCUT2D eigenvalue weighted by atomic mass is 9.59. The van der Waals surface area contributed by atoms with Crippen LogP contribution in [0.1, 0.15) is 24.4 Å². The first-order chi connectivity index (χ1) is 12.3. The number of nitrogens with zero attached hydrogens (tertiary/aromatic N) is 4. The van der Waals surface area contributed by atoms with E-state index in [4.69, 9.17) is 4.74 Å². The van der Waals surface area contributed by atoms with Crippen molar-refractivity contribution in [2.45, 2.75) is 36.9 Å². The first kappa shape index (κ1) is 17.2. The fourth-order valence-corrected chi connectivity index (χ4v) is 5.92. The molecule has 0 aromatic carbocycles. The number of rotatable bonds is 3. The molecular weight excluding hydrogens is 365 g/mol. The van der Waals surface area contributed by atoms with E-state index >= 15 is 0 Å². The van der Waals surface area contributed by atoms with Gasteiger partial charge in [-0.2, -0.15) is 13.2 Å². The van der Waals surface area contributed by atoms with E-state index in [0.29, 0.717) is 27.5 Å². The molecule has 0 atom stereocenters. The van der Waals surface area contributed by atoms with Crippen molar-refractivity contribution in [3.05, 3.63) is 17.7 Å². The van der Waals surface area contributed by atoms with Crippen LogP contribution in [-0.2, 0) is 10.9 Å². The smallest absolute Gasteiger partial charge is 0.380 e. The van der Waals surface area contributed by atoms with Gasteiger partial charge >= 0.3 is 6.18 Å². The molecule has 2 spiro atoms. The molecule has 0 bridgehead atoms. The topological polar surface area (TPSA) is 41.5 Å². The molecule has 3 saturated heterocycles. The second kappa shape index (κ2) is 5.56. The van der Waals surface area contributed by atoms with Crippen molar-refractivity contribution in [2.24, 2.45) is 10.8 Å². The Kier molecular flexibility index (Phi) is 3.68. The van der Waals surface area contributed by atoms with E-state index in [-0.39, 0.29) is 0 Å². The van der Waals surface area contributed by atoms with Gasteiger partial charge in [-0.3, -0.25) is 4.90 Å². The molecule has 4 aliphatic rings. The second-order valence-electron chi connectivity index (χ2n) is 8.49. The molecule has 9 heteroatoms. The van der Waals surface area contributed by atoms with Gasteiger partial charge in [-0.05, 0) is 31.7 Å². The molecule has 3 aliphatic heterocycles. The average molecular weight is 386 g/mol. The van der Waals surface area contributed by atoms with Gasteiger partial charge in [-0.15, -0.1) is 0 Å². The van der Waals surface area contributed by atoms with Crippen LogP contribution in [0.3, 0.4) is 0 Å². The normalized spacial score (nSPS) is 27.7. The quantitative estimate of drug-likeness (QED) is 0.744. The van der Waals surface area contributed by atoms with Crippen LogP contribution in [0.15, 0.2) is 11.1 Å². The van der Waals surface area contributed by atoms with Crippen LogP contribution in [0, 0.1) is 17.8 Å². The van der Waals surface area contributed by atoms with Crippen LogP contribution < -0.4 is 0 Å². The number of hydrogen-bond donors (Lipinski definition) is 0. The van der Waals surface area contributed by atoms with E-state index < -0.39 is 12.0 Å². The van der Waals surface area contributed by atoms with Gasteiger partial charge in [0.1, 0.15) is 0 Å². The molecule has 1 aliphatic carbocycles. The first-order valence-corrected chi connectivity index (χ1v) is 9.69. The molecule has 0 unspecified atom stereocenters. The fourth-order valence-electron chi connectivity index (χ4n) is 4.69. The molecule has 0 amide bonds. The Hall–Kier alpha value is -0.900. The Morgan fingerprint density at radius 3 is 2.38 bits per heavy atom. The van der Waals surface area contributed by atoms with Crippen LogP contribution in [0.5, 0.6) is 0 Å². The number of aromatic nitrogens is 2. The van der Waals surface area contributed by atoms with Gasteiger partial charge in [0.2, 0.25) is 5.82 Å². The number of likely N-dealkylation sites (tertiary alicyclic amines) is 1. The van der Waals surface area contributed by atoms with Crippen molar-refractivity contribution in [1.82, 2.24) is 19.2 Å². The third kappa shape index (κ3) is 2.75. The van der Waals surface area contributed by atoms with Gasteiger partial charge in [0.25, 0.3) is 0 Å². The molecule has 0 radical (unpaired) electrons. The van der Waals surface area contributed by atoms with Crippen LogP contribution in [-0.4, -0.2) is 64.6 Å². The Labute approximate surface area is 154 Å². The summed E-state index contributed by atoms with van der Waals surface area (Å²) in [7, 11) is 0. The van der Waals surface area contributed by atoms with Gasteiger partial charge in [-0.1, -0.05) is 0 Å². The van der Waals surface area contributed by atoms with E-state index in [9.17, 15) is 13.2 Å². The van der Waals surface area contributed by atoms with Gasteiger partial charge in [0.15, 0.2) is 0 Å². The zero-order valence-corrected chi connectivity index (χ0v) is 15.4. The molecule has 26 heavy (non-hydrogen) atoms. The lowest BCUT2D eigenvalue weighted by molar-refractivity contribution is -0.219. The molecule has 142 valence electrons. The van der Waals surface area contributed by atoms with E-state index in [1.165, 1.54) is 44.1 Å². The number of aryl methyl sites for hydroxylation is 1. The predicted molar refractivity (Wildman–Crippen MR) is 89.5 cm³/mol. The largest absolute Gasteiger partial charge is 0.451 e. The highest BCUT2D eigenvalue weighted by atomic mass is 32.2. The molecule has 5 nitrogen and oxygen atoms in total. The summed E-state index contributed by atoms with van der Waals surface area (Å²) in [5.41, 5.74) is 1.28. The van der Waals surface area contributed by atoms with Crippen LogP contribution in [0.25, 0.3) is 0 Å². The summed E-state index contributed by atoms with van der Waals surface area (Å²) in [6.45, 7) is 7.84. The first-order valence-electron chi connectivity index (χ1n) is 8.92.